The van der Waals surface area contributed by atoms with Gasteiger partial charge in [-0.1, -0.05) is 145 Å². The molecule has 3 rings (SSSR count). The second-order valence-electron chi connectivity index (χ2n) is 12.1. The van der Waals surface area contributed by atoms with Crippen molar-refractivity contribution in [2.24, 2.45) is 0 Å². The predicted molar refractivity (Wildman–Crippen MR) is 189 cm³/mol. The van der Waals surface area contributed by atoms with Crippen LogP contribution in [0.4, 0.5) is 0 Å². The standard InChI is InChI=1S/C41H58O2/c1-3-5-7-9-11-13-15-17-18-20-32-42-40-29-25-36(26-30-40)22-23-37-24-27-39-35-41(31-28-38(39)34-37)43-33-21-19-16-14-12-10-8-6-4-2/h4,22-31,34-35H,2-3,5-21,32-33H2,1H3/b23-22+. The molecule has 234 valence electrons. The second kappa shape index (κ2) is 22.5. The summed E-state index contributed by atoms with van der Waals surface area (Å²) < 4.78 is 12.0. The normalized spacial score (nSPS) is 11.4. The van der Waals surface area contributed by atoms with Gasteiger partial charge in [0.1, 0.15) is 11.5 Å². The number of fused-ring (bicyclic) bond motifs is 1. The van der Waals surface area contributed by atoms with Crippen LogP contribution in [0.2, 0.25) is 0 Å². The molecule has 0 heterocycles. The Hall–Kier alpha value is -3.00. The van der Waals surface area contributed by atoms with Crippen LogP contribution in [-0.4, -0.2) is 13.2 Å². The molecule has 0 aromatic heterocycles. The Balaban J connectivity index is 1.30. The SMILES string of the molecule is C=CCCCCCCCCCOc1ccc2cc(/C=C/c3ccc(OCCCCCCCCCCCC)cc3)ccc2c1. The van der Waals surface area contributed by atoms with Gasteiger partial charge in [0, 0.05) is 0 Å². The van der Waals surface area contributed by atoms with Gasteiger partial charge in [-0.15, -0.1) is 6.58 Å². The van der Waals surface area contributed by atoms with Gasteiger partial charge >= 0.3 is 0 Å². The van der Waals surface area contributed by atoms with Crippen LogP contribution in [0.1, 0.15) is 134 Å². The van der Waals surface area contributed by atoms with Gasteiger partial charge in [-0.25, -0.2) is 0 Å². The van der Waals surface area contributed by atoms with E-state index >= 15 is 0 Å². The number of benzene rings is 3. The molecule has 0 aliphatic carbocycles. The molecule has 2 heteroatoms. The minimum Gasteiger partial charge on any atom is -0.494 e. The van der Waals surface area contributed by atoms with Gasteiger partial charge in [0.05, 0.1) is 13.2 Å². The molecular weight excluding hydrogens is 524 g/mol. The molecule has 0 amide bonds. The van der Waals surface area contributed by atoms with E-state index in [-0.39, 0.29) is 0 Å². The molecule has 0 saturated carbocycles. The third kappa shape index (κ3) is 15.3. The summed E-state index contributed by atoms with van der Waals surface area (Å²) in [5.41, 5.74) is 2.38. The van der Waals surface area contributed by atoms with Gasteiger partial charge in [0.2, 0.25) is 0 Å². The first kappa shape index (κ1) is 34.5. The van der Waals surface area contributed by atoms with Crippen LogP contribution >= 0.6 is 0 Å². The maximum absolute atomic E-state index is 6.05. The molecule has 43 heavy (non-hydrogen) atoms. The zero-order valence-corrected chi connectivity index (χ0v) is 27.2. The van der Waals surface area contributed by atoms with Crippen molar-refractivity contribution in [1.82, 2.24) is 0 Å². The van der Waals surface area contributed by atoms with E-state index in [1.165, 1.54) is 118 Å². The number of rotatable bonds is 25. The van der Waals surface area contributed by atoms with Gasteiger partial charge < -0.3 is 9.47 Å². The summed E-state index contributed by atoms with van der Waals surface area (Å²) in [4.78, 5) is 0. The highest BCUT2D eigenvalue weighted by Crippen LogP contribution is 2.24. The molecule has 0 atom stereocenters. The van der Waals surface area contributed by atoms with E-state index in [0.29, 0.717) is 0 Å². The second-order valence-corrected chi connectivity index (χ2v) is 12.1. The van der Waals surface area contributed by atoms with E-state index in [2.05, 4.69) is 86.3 Å². The largest absolute Gasteiger partial charge is 0.494 e. The molecule has 0 bridgehead atoms. The van der Waals surface area contributed by atoms with Crippen molar-refractivity contribution in [3.63, 3.8) is 0 Å². The number of allylic oxidation sites excluding steroid dienone is 1. The van der Waals surface area contributed by atoms with E-state index in [0.717, 1.165) is 44.0 Å². The fourth-order valence-corrected chi connectivity index (χ4v) is 5.55. The van der Waals surface area contributed by atoms with Crippen LogP contribution in [0.5, 0.6) is 11.5 Å². The summed E-state index contributed by atoms with van der Waals surface area (Å²) >= 11 is 0. The molecule has 2 nitrogen and oxygen atoms in total. The Morgan fingerprint density at radius 2 is 0.953 bits per heavy atom. The van der Waals surface area contributed by atoms with E-state index in [1.807, 2.05) is 6.08 Å². The zero-order chi connectivity index (χ0) is 30.2. The molecule has 3 aromatic rings. The van der Waals surface area contributed by atoms with E-state index < -0.39 is 0 Å². The number of ether oxygens (including phenoxy) is 2. The Bertz CT molecular complexity index is 1160. The zero-order valence-electron chi connectivity index (χ0n) is 27.2. The number of hydrogen-bond donors (Lipinski definition) is 0. The first-order chi connectivity index (χ1) is 21.3. The summed E-state index contributed by atoms with van der Waals surface area (Å²) in [6.07, 6.45) is 30.0. The average molecular weight is 583 g/mol. The predicted octanol–water partition coefficient (Wildman–Crippen LogP) is 13.0. The highest BCUT2D eigenvalue weighted by molar-refractivity contribution is 5.87. The maximum atomic E-state index is 6.05. The van der Waals surface area contributed by atoms with E-state index in [9.17, 15) is 0 Å². The molecule has 0 fully saturated rings. The summed E-state index contributed by atoms with van der Waals surface area (Å²) in [5.74, 6) is 1.93. The van der Waals surface area contributed by atoms with Gasteiger partial charge in [0.25, 0.3) is 0 Å². The van der Waals surface area contributed by atoms with Crippen molar-refractivity contribution in [2.75, 3.05) is 13.2 Å². The first-order valence-electron chi connectivity index (χ1n) is 17.5. The fourth-order valence-electron chi connectivity index (χ4n) is 5.55. The molecule has 0 unspecified atom stereocenters. The first-order valence-corrected chi connectivity index (χ1v) is 17.5. The summed E-state index contributed by atoms with van der Waals surface area (Å²) in [7, 11) is 0. The molecule has 0 aliphatic heterocycles. The molecule has 0 aliphatic rings. The molecule has 0 radical (unpaired) electrons. The van der Waals surface area contributed by atoms with Crippen LogP contribution in [0.25, 0.3) is 22.9 Å². The van der Waals surface area contributed by atoms with Crippen molar-refractivity contribution in [3.05, 3.63) is 84.4 Å². The summed E-state index contributed by atoms with van der Waals surface area (Å²) in [6, 6.07) is 21.5. The van der Waals surface area contributed by atoms with Crippen LogP contribution in [-0.2, 0) is 0 Å². The van der Waals surface area contributed by atoms with Crippen molar-refractivity contribution in [1.29, 1.82) is 0 Å². The number of hydrogen-bond acceptors (Lipinski definition) is 2. The lowest BCUT2D eigenvalue weighted by Gasteiger charge is -2.08. The van der Waals surface area contributed by atoms with Crippen molar-refractivity contribution in [3.8, 4) is 11.5 Å². The van der Waals surface area contributed by atoms with Gasteiger partial charge in [-0.3, -0.25) is 0 Å². The van der Waals surface area contributed by atoms with E-state index in [1.54, 1.807) is 0 Å². The third-order valence-corrected chi connectivity index (χ3v) is 8.27. The lowest BCUT2D eigenvalue weighted by Crippen LogP contribution is -1.97. The molecule has 3 aromatic carbocycles. The molecule has 0 N–H and O–H groups in total. The van der Waals surface area contributed by atoms with Crippen molar-refractivity contribution >= 4 is 22.9 Å². The quantitative estimate of drug-likeness (QED) is 0.0562. The Morgan fingerprint density at radius 3 is 1.58 bits per heavy atom. The highest BCUT2D eigenvalue weighted by Gasteiger charge is 2.01. The topological polar surface area (TPSA) is 18.5 Å². The lowest BCUT2D eigenvalue weighted by atomic mass is 10.1. The highest BCUT2D eigenvalue weighted by atomic mass is 16.5. The maximum Gasteiger partial charge on any atom is 0.119 e. The third-order valence-electron chi connectivity index (χ3n) is 8.27. The smallest absolute Gasteiger partial charge is 0.119 e. The van der Waals surface area contributed by atoms with E-state index in [4.69, 9.17) is 9.47 Å². The van der Waals surface area contributed by atoms with Crippen molar-refractivity contribution < 1.29 is 9.47 Å². The average Bonchev–Trinajstić information content (AvgIpc) is 3.04. The minimum absolute atomic E-state index is 0.798. The Kier molecular flexibility index (Phi) is 18.1. The van der Waals surface area contributed by atoms with Crippen LogP contribution in [0, 0.1) is 0 Å². The van der Waals surface area contributed by atoms with Crippen LogP contribution < -0.4 is 9.47 Å². The Morgan fingerprint density at radius 1 is 0.488 bits per heavy atom. The monoisotopic (exact) mass is 582 g/mol. The van der Waals surface area contributed by atoms with Gasteiger partial charge in [-0.2, -0.15) is 0 Å². The fraction of sp³-hybridized carbons (Fsp3) is 0.512. The van der Waals surface area contributed by atoms with Crippen molar-refractivity contribution in [2.45, 2.75) is 122 Å². The van der Waals surface area contributed by atoms with Gasteiger partial charge in [0.15, 0.2) is 0 Å². The lowest BCUT2D eigenvalue weighted by molar-refractivity contribution is 0.304. The molecule has 0 saturated heterocycles. The van der Waals surface area contributed by atoms with Gasteiger partial charge in [-0.05, 0) is 77.9 Å². The Labute approximate surface area is 263 Å². The van der Waals surface area contributed by atoms with Crippen LogP contribution in [0.3, 0.4) is 0 Å². The molecular formula is C41H58O2. The van der Waals surface area contributed by atoms with Crippen LogP contribution in [0.15, 0.2) is 73.3 Å². The molecule has 0 spiro atoms. The summed E-state index contributed by atoms with van der Waals surface area (Å²) in [5, 5.41) is 2.46. The summed E-state index contributed by atoms with van der Waals surface area (Å²) in [6.45, 7) is 7.68. The minimum atomic E-state index is 0.798. The number of unbranched alkanes of at least 4 members (excludes halogenated alkanes) is 16.